The van der Waals surface area contributed by atoms with Crippen LogP contribution in [0.2, 0.25) is 0 Å². The van der Waals surface area contributed by atoms with Crippen LogP contribution in [0.3, 0.4) is 0 Å². The number of aromatic nitrogens is 1. The highest BCUT2D eigenvalue weighted by molar-refractivity contribution is 9.10. The summed E-state index contributed by atoms with van der Waals surface area (Å²) in [5.74, 6) is 0.00244. The van der Waals surface area contributed by atoms with E-state index in [1.807, 2.05) is 0 Å². The molecule has 9 heteroatoms. The third-order valence-corrected chi connectivity index (χ3v) is 4.49. The van der Waals surface area contributed by atoms with Gasteiger partial charge in [-0.3, -0.25) is 0 Å². The first kappa shape index (κ1) is 16.8. The lowest BCUT2D eigenvalue weighted by Gasteiger charge is -2.11. The van der Waals surface area contributed by atoms with Gasteiger partial charge >= 0.3 is 6.18 Å². The van der Waals surface area contributed by atoms with Gasteiger partial charge in [0.05, 0.1) is 16.1 Å². The number of benzene rings is 1. The van der Waals surface area contributed by atoms with E-state index < -0.39 is 21.6 Å². The molecular formula is C13H10BrF3N2O2S. The summed E-state index contributed by atoms with van der Waals surface area (Å²) in [4.78, 5) is 3.91. The van der Waals surface area contributed by atoms with Gasteiger partial charge in [-0.25, -0.2) is 13.4 Å². The molecule has 0 saturated heterocycles. The fraction of sp³-hybridized carbons (Fsp3) is 0.154. The van der Waals surface area contributed by atoms with Crippen molar-refractivity contribution in [3.05, 3.63) is 46.6 Å². The number of anilines is 2. The molecule has 0 radical (unpaired) electrons. The van der Waals surface area contributed by atoms with E-state index in [1.54, 1.807) is 0 Å². The molecule has 22 heavy (non-hydrogen) atoms. The fourth-order valence-corrected chi connectivity index (χ4v) is 2.92. The second kappa shape index (κ2) is 5.88. The first-order valence-corrected chi connectivity index (χ1v) is 8.56. The lowest BCUT2D eigenvalue weighted by molar-refractivity contribution is -0.137. The third-order valence-electron chi connectivity index (χ3n) is 2.72. The summed E-state index contributed by atoms with van der Waals surface area (Å²) in [7, 11) is -3.36. The van der Waals surface area contributed by atoms with Gasteiger partial charge in [0.15, 0.2) is 9.84 Å². The van der Waals surface area contributed by atoms with Gasteiger partial charge in [-0.1, -0.05) is 0 Å². The Morgan fingerprint density at radius 1 is 1.18 bits per heavy atom. The quantitative estimate of drug-likeness (QED) is 0.854. The monoisotopic (exact) mass is 394 g/mol. The van der Waals surface area contributed by atoms with E-state index in [0.717, 1.165) is 24.6 Å². The van der Waals surface area contributed by atoms with Gasteiger partial charge in [0.2, 0.25) is 0 Å². The molecule has 0 saturated carbocycles. The molecule has 0 aliphatic carbocycles. The van der Waals surface area contributed by atoms with Gasteiger partial charge in [0.25, 0.3) is 0 Å². The largest absolute Gasteiger partial charge is 0.416 e. The molecule has 0 amide bonds. The Hall–Kier alpha value is -1.61. The molecule has 0 fully saturated rings. The number of hydrogen-bond donors (Lipinski definition) is 1. The number of rotatable bonds is 3. The van der Waals surface area contributed by atoms with Gasteiger partial charge in [-0.15, -0.1) is 0 Å². The van der Waals surface area contributed by atoms with Crippen LogP contribution >= 0.6 is 15.9 Å². The van der Waals surface area contributed by atoms with Crippen LogP contribution in [0.4, 0.5) is 24.7 Å². The highest BCUT2D eigenvalue weighted by atomic mass is 79.9. The number of halogens is 4. The van der Waals surface area contributed by atoms with E-state index in [0.29, 0.717) is 10.2 Å². The molecule has 4 nitrogen and oxygen atoms in total. The Balaban J connectivity index is 2.32. The van der Waals surface area contributed by atoms with Crippen molar-refractivity contribution in [3.63, 3.8) is 0 Å². The number of pyridine rings is 1. The van der Waals surface area contributed by atoms with E-state index in [1.165, 1.54) is 18.2 Å². The Bertz CT molecular complexity index is 807. The average Bonchev–Trinajstić information content (AvgIpc) is 2.39. The Morgan fingerprint density at radius 3 is 2.41 bits per heavy atom. The van der Waals surface area contributed by atoms with Crippen molar-refractivity contribution in [2.75, 3.05) is 11.6 Å². The highest BCUT2D eigenvalue weighted by Gasteiger charge is 2.30. The molecule has 2 rings (SSSR count). The molecule has 0 aliphatic heterocycles. The van der Waals surface area contributed by atoms with Gasteiger partial charge < -0.3 is 5.32 Å². The SMILES string of the molecule is CS(=O)(=O)c1ccc(Nc2cc(C(F)(F)F)ccn2)c(Br)c1. The molecule has 118 valence electrons. The maximum atomic E-state index is 12.6. The molecule has 0 unspecified atom stereocenters. The normalized spacial score (nSPS) is 12.2. The summed E-state index contributed by atoms with van der Waals surface area (Å²) in [6.45, 7) is 0. The molecular weight excluding hydrogens is 385 g/mol. The van der Waals surface area contributed by atoms with Crippen LogP contribution in [0.5, 0.6) is 0 Å². The molecule has 2 aromatic rings. The van der Waals surface area contributed by atoms with Gasteiger partial charge in [0, 0.05) is 16.9 Å². The number of nitrogens with zero attached hydrogens (tertiary/aromatic N) is 1. The lowest BCUT2D eigenvalue weighted by Crippen LogP contribution is -2.06. The number of alkyl halides is 3. The maximum absolute atomic E-state index is 12.6. The summed E-state index contributed by atoms with van der Waals surface area (Å²) < 4.78 is 61.2. The molecule has 0 atom stereocenters. The predicted octanol–water partition coefficient (Wildman–Crippen LogP) is 4.01. The van der Waals surface area contributed by atoms with E-state index in [-0.39, 0.29) is 10.7 Å². The van der Waals surface area contributed by atoms with Crippen molar-refractivity contribution in [1.82, 2.24) is 4.98 Å². The van der Waals surface area contributed by atoms with Crippen molar-refractivity contribution in [1.29, 1.82) is 0 Å². The molecule has 1 heterocycles. The van der Waals surface area contributed by atoms with Crippen LogP contribution in [0.15, 0.2) is 45.9 Å². The molecule has 1 aromatic heterocycles. The minimum Gasteiger partial charge on any atom is -0.339 e. The summed E-state index contributed by atoms with van der Waals surface area (Å²) in [5.41, 5.74) is -0.423. The van der Waals surface area contributed by atoms with Gasteiger partial charge in [-0.2, -0.15) is 13.2 Å². The van der Waals surface area contributed by atoms with Crippen molar-refractivity contribution >= 4 is 37.3 Å². The van der Waals surface area contributed by atoms with Gasteiger partial charge in [0.1, 0.15) is 5.82 Å². The van der Waals surface area contributed by atoms with E-state index in [9.17, 15) is 21.6 Å². The number of hydrogen-bond acceptors (Lipinski definition) is 4. The Labute approximate surface area is 133 Å². The molecule has 0 aliphatic rings. The van der Waals surface area contributed by atoms with Crippen LogP contribution in [-0.4, -0.2) is 19.7 Å². The van der Waals surface area contributed by atoms with E-state index in [4.69, 9.17) is 0 Å². The van der Waals surface area contributed by atoms with Crippen LogP contribution in [0.1, 0.15) is 5.56 Å². The first-order chi connectivity index (χ1) is 10.1. The zero-order chi connectivity index (χ0) is 16.5. The van der Waals surface area contributed by atoms with E-state index >= 15 is 0 Å². The van der Waals surface area contributed by atoms with Gasteiger partial charge in [-0.05, 0) is 46.3 Å². The van der Waals surface area contributed by atoms with Crippen molar-refractivity contribution in [2.24, 2.45) is 0 Å². The summed E-state index contributed by atoms with van der Waals surface area (Å²) in [5, 5.41) is 2.71. The topological polar surface area (TPSA) is 59.1 Å². The fourth-order valence-electron chi connectivity index (χ4n) is 1.64. The maximum Gasteiger partial charge on any atom is 0.416 e. The Kier molecular flexibility index (Phi) is 4.48. The minimum atomic E-state index is -4.46. The van der Waals surface area contributed by atoms with Crippen LogP contribution in [0, 0.1) is 0 Å². The second-order valence-electron chi connectivity index (χ2n) is 4.47. The molecule has 0 bridgehead atoms. The summed E-state index contributed by atoms with van der Waals surface area (Å²) in [6.07, 6.45) is -2.35. The Morgan fingerprint density at radius 2 is 1.86 bits per heavy atom. The third kappa shape index (κ3) is 3.98. The smallest absolute Gasteiger partial charge is 0.339 e. The number of nitrogens with one attached hydrogen (secondary N) is 1. The molecule has 1 N–H and O–H groups in total. The molecule has 1 aromatic carbocycles. The molecule has 0 spiro atoms. The number of sulfone groups is 1. The first-order valence-electron chi connectivity index (χ1n) is 5.87. The highest BCUT2D eigenvalue weighted by Crippen LogP contribution is 2.32. The van der Waals surface area contributed by atoms with Crippen molar-refractivity contribution in [3.8, 4) is 0 Å². The van der Waals surface area contributed by atoms with Crippen LogP contribution < -0.4 is 5.32 Å². The van der Waals surface area contributed by atoms with Crippen LogP contribution in [-0.2, 0) is 16.0 Å². The van der Waals surface area contributed by atoms with Crippen molar-refractivity contribution in [2.45, 2.75) is 11.1 Å². The second-order valence-corrected chi connectivity index (χ2v) is 7.34. The average molecular weight is 395 g/mol. The standard InChI is InChI=1S/C13H10BrF3N2O2S/c1-22(20,21)9-2-3-11(10(14)7-9)19-12-6-8(4-5-18-12)13(15,16)17/h2-7H,1H3,(H,18,19). The zero-order valence-corrected chi connectivity index (χ0v) is 13.6. The summed E-state index contributed by atoms with van der Waals surface area (Å²) in [6, 6.07) is 5.91. The van der Waals surface area contributed by atoms with Crippen molar-refractivity contribution < 1.29 is 21.6 Å². The van der Waals surface area contributed by atoms with Crippen LogP contribution in [0.25, 0.3) is 0 Å². The zero-order valence-electron chi connectivity index (χ0n) is 11.1. The predicted molar refractivity (Wildman–Crippen MR) is 79.8 cm³/mol. The minimum absolute atomic E-state index is 0.00244. The summed E-state index contributed by atoms with van der Waals surface area (Å²) >= 11 is 3.18. The van der Waals surface area contributed by atoms with E-state index in [2.05, 4.69) is 26.2 Å². The lowest BCUT2D eigenvalue weighted by atomic mass is 10.2.